The molecular formula is C14H12BrClN2O4. The lowest BCUT2D eigenvalue weighted by Gasteiger charge is -2.10. The second kappa shape index (κ2) is 7.33. The minimum absolute atomic E-state index is 0.0710. The van der Waals surface area contributed by atoms with Gasteiger partial charge in [0.05, 0.1) is 0 Å². The van der Waals surface area contributed by atoms with E-state index in [1.54, 1.807) is 24.3 Å². The SMILES string of the molecule is Cc1cc(Cl)ccc1OCC(=O)NNC(=O)c1ccc(Br)o1. The molecule has 0 aliphatic carbocycles. The number of carbonyl (C=O) groups excluding carboxylic acids is 2. The van der Waals surface area contributed by atoms with Crippen LogP contribution in [-0.4, -0.2) is 18.4 Å². The number of hydrogen-bond donors (Lipinski definition) is 2. The van der Waals surface area contributed by atoms with Crippen molar-refractivity contribution in [2.45, 2.75) is 6.92 Å². The van der Waals surface area contributed by atoms with Gasteiger partial charge in [-0.25, -0.2) is 0 Å². The van der Waals surface area contributed by atoms with E-state index in [9.17, 15) is 9.59 Å². The molecule has 1 aromatic carbocycles. The van der Waals surface area contributed by atoms with Crippen molar-refractivity contribution in [3.63, 3.8) is 0 Å². The lowest BCUT2D eigenvalue weighted by atomic mass is 10.2. The van der Waals surface area contributed by atoms with Crippen LogP contribution >= 0.6 is 27.5 Å². The molecule has 0 aliphatic rings. The predicted molar refractivity (Wildman–Crippen MR) is 83.7 cm³/mol. The first-order chi connectivity index (χ1) is 10.5. The molecule has 0 atom stereocenters. The molecular weight excluding hydrogens is 376 g/mol. The number of hydrogen-bond acceptors (Lipinski definition) is 4. The van der Waals surface area contributed by atoms with Gasteiger partial charge in [0, 0.05) is 5.02 Å². The zero-order valence-electron chi connectivity index (χ0n) is 11.5. The summed E-state index contributed by atoms with van der Waals surface area (Å²) in [6.45, 7) is 1.57. The Hall–Kier alpha value is -1.99. The summed E-state index contributed by atoms with van der Waals surface area (Å²) in [5.41, 5.74) is 5.25. The lowest BCUT2D eigenvalue weighted by Crippen LogP contribution is -2.43. The van der Waals surface area contributed by atoms with Crippen LogP contribution in [0.5, 0.6) is 5.75 Å². The fourth-order valence-corrected chi connectivity index (χ4v) is 2.11. The Morgan fingerprint density at radius 2 is 2.05 bits per heavy atom. The number of amides is 2. The van der Waals surface area contributed by atoms with Gasteiger partial charge in [-0.1, -0.05) is 11.6 Å². The van der Waals surface area contributed by atoms with Gasteiger partial charge < -0.3 is 9.15 Å². The van der Waals surface area contributed by atoms with Crippen LogP contribution in [0, 0.1) is 6.92 Å². The fourth-order valence-electron chi connectivity index (χ4n) is 1.58. The third-order valence-electron chi connectivity index (χ3n) is 2.61. The molecule has 0 spiro atoms. The van der Waals surface area contributed by atoms with Crippen LogP contribution in [0.15, 0.2) is 39.4 Å². The number of rotatable bonds is 4. The zero-order chi connectivity index (χ0) is 16.1. The summed E-state index contributed by atoms with van der Waals surface area (Å²) >= 11 is 8.91. The third-order valence-corrected chi connectivity index (χ3v) is 3.27. The highest BCUT2D eigenvalue weighted by molar-refractivity contribution is 9.10. The highest BCUT2D eigenvalue weighted by atomic mass is 79.9. The number of halogens is 2. The number of benzene rings is 1. The maximum Gasteiger partial charge on any atom is 0.305 e. The Balaban J connectivity index is 1.79. The summed E-state index contributed by atoms with van der Waals surface area (Å²) in [7, 11) is 0. The Kier molecular flexibility index (Phi) is 5.46. The van der Waals surface area contributed by atoms with Crippen molar-refractivity contribution < 1.29 is 18.7 Å². The average molecular weight is 388 g/mol. The van der Waals surface area contributed by atoms with Crippen molar-refractivity contribution in [3.8, 4) is 5.75 Å². The molecule has 0 saturated carbocycles. The minimum Gasteiger partial charge on any atom is -0.483 e. The summed E-state index contributed by atoms with van der Waals surface area (Å²) in [4.78, 5) is 23.3. The molecule has 0 bridgehead atoms. The van der Waals surface area contributed by atoms with Gasteiger partial charge >= 0.3 is 5.91 Å². The molecule has 2 amide bonds. The topological polar surface area (TPSA) is 80.6 Å². The van der Waals surface area contributed by atoms with Gasteiger partial charge in [0.25, 0.3) is 5.91 Å². The monoisotopic (exact) mass is 386 g/mol. The summed E-state index contributed by atoms with van der Waals surface area (Å²) in [5, 5.41) is 0.589. The molecule has 2 aromatic rings. The van der Waals surface area contributed by atoms with Crippen LogP contribution in [0.4, 0.5) is 0 Å². The minimum atomic E-state index is -0.568. The van der Waals surface area contributed by atoms with Crippen molar-refractivity contribution in [1.29, 1.82) is 0 Å². The number of furan rings is 1. The summed E-state index contributed by atoms with van der Waals surface area (Å²) in [5.74, 6) is -0.461. The number of ether oxygens (including phenoxy) is 1. The van der Waals surface area contributed by atoms with Gasteiger partial charge in [-0.15, -0.1) is 0 Å². The molecule has 0 aliphatic heterocycles. The molecule has 2 rings (SSSR count). The molecule has 2 N–H and O–H groups in total. The molecule has 0 radical (unpaired) electrons. The molecule has 6 nitrogen and oxygen atoms in total. The fraction of sp³-hybridized carbons (Fsp3) is 0.143. The average Bonchev–Trinajstić information content (AvgIpc) is 2.90. The number of nitrogens with one attached hydrogen (secondary N) is 2. The Labute approximate surface area is 139 Å². The van der Waals surface area contributed by atoms with Gasteiger partial charge in [-0.3, -0.25) is 20.4 Å². The molecule has 1 heterocycles. The number of aryl methyl sites for hydroxylation is 1. The quantitative estimate of drug-likeness (QED) is 0.791. The number of hydrazine groups is 1. The third kappa shape index (κ3) is 4.51. The van der Waals surface area contributed by atoms with Crippen LogP contribution in [0.25, 0.3) is 0 Å². The van der Waals surface area contributed by atoms with Crippen LogP contribution < -0.4 is 15.6 Å². The van der Waals surface area contributed by atoms with Crippen molar-refractivity contribution in [2.24, 2.45) is 0 Å². The van der Waals surface area contributed by atoms with E-state index in [1.807, 2.05) is 6.92 Å². The molecule has 1 aromatic heterocycles. The zero-order valence-corrected chi connectivity index (χ0v) is 13.8. The van der Waals surface area contributed by atoms with E-state index in [2.05, 4.69) is 26.8 Å². The maximum absolute atomic E-state index is 11.6. The van der Waals surface area contributed by atoms with Crippen LogP contribution in [-0.2, 0) is 4.79 Å². The van der Waals surface area contributed by atoms with E-state index >= 15 is 0 Å². The molecule has 0 fully saturated rings. The first-order valence-corrected chi connectivity index (χ1v) is 7.36. The van der Waals surface area contributed by atoms with E-state index in [0.717, 1.165) is 5.56 Å². The Morgan fingerprint density at radius 1 is 1.27 bits per heavy atom. The molecule has 22 heavy (non-hydrogen) atoms. The van der Waals surface area contributed by atoms with Crippen LogP contribution in [0.1, 0.15) is 16.1 Å². The van der Waals surface area contributed by atoms with E-state index in [4.69, 9.17) is 20.8 Å². The van der Waals surface area contributed by atoms with Gasteiger partial charge in [-0.2, -0.15) is 0 Å². The highest BCUT2D eigenvalue weighted by Gasteiger charge is 2.12. The number of carbonyl (C=O) groups is 2. The second-order valence-electron chi connectivity index (χ2n) is 4.30. The van der Waals surface area contributed by atoms with E-state index in [0.29, 0.717) is 15.4 Å². The van der Waals surface area contributed by atoms with Gasteiger partial charge in [0.2, 0.25) is 0 Å². The largest absolute Gasteiger partial charge is 0.483 e. The smallest absolute Gasteiger partial charge is 0.305 e. The van der Waals surface area contributed by atoms with E-state index < -0.39 is 11.8 Å². The Bertz CT molecular complexity index is 702. The first kappa shape index (κ1) is 16.4. The van der Waals surface area contributed by atoms with Gasteiger partial charge in [-0.05, 0) is 58.7 Å². The second-order valence-corrected chi connectivity index (χ2v) is 5.52. The van der Waals surface area contributed by atoms with Crippen molar-refractivity contribution >= 4 is 39.3 Å². The van der Waals surface area contributed by atoms with Crippen LogP contribution in [0.2, 0.25) is 5.02 Å². The Morgan fingerprint density at radius 3 is 2.68 bits per heavy atom. The molecule has 8 heteroatoms. The van der Waals surface area contributed by atoms with E-state index in [1.165, 1.54) is 6.07 Å². The standard InChI is InChI=1S/C14H12BrClN2O4/c1-8-6-9(16)2-3-10(8)21-7-13(19)17-18-14(20)11-4-5-12(15)22-11/h2-6H,7H2,1H3,(H,17,19)(H,18,20). The van der Waals surface area contributed by atoms with Crippen molar-refractivity contribution in [1.82, 2.24) is 10.9 Å². The molecule has 116 valence electrons. The van der Waals surface area contributed by atoms with Crippen molar-refractivity contribution in [3.05, 3.63) is 51.3 Å². The van der Waals surface area contributed by atoms with Crippen molar-refractivity contribution in [2.75, 3.05) is 6.61 Å². The highest BCUT2D eigenvalue weighted by Crippen LogP contribution is 2.21. The first-order valence-electron chi connectivity index (χ1n) is 6.19. The predicted octanol–water partition coefficient (Wildman–Crippen LogP) is 2.84. The van der Waals surface area contributed by atoms with Crippen LogP contribution in [0.3, 0.4) is 0 Å². The summed E-state index contributed by atoms with van der Waals surface area (Å²) < 4.78 is 10.8. The molecule has 0 unspecified atom stereocenters. The van der Waals surface area contributed by atoms with E-state index in [-0.39, 0.29) is 12.4 Å². The summed E-state index contributed by atoms with van der Waals surface area (Å²) in [6.07, 6.45) is 0. The molecule has 0 saturated heterocycles. The maximum atomic E-state index is 11.6. The van der Waals surface area contributed by atoms with Gasteiger partial charge in [0.15, 0.2) is 17.0 Å². The normalized spacial score (nSPS) is 10.1. The lowest BCUT2D eigenvalue weighted by molar-refractivity contribution is -0.123. The van der Waals surface area contributed by atoms with Gasteiger partial charge in [0.1, 0.15) is 5.75 Å². The summed E-state index contributed by atoms with van der Waals surface area (Å²) in [6, 6.07) is 8.11.